The second kappa shape index (κ2) is 3.14. The maximum atomic E-state index is 2.40. The third kappa shape index (κ3) is 2.59. The molecule has 0 aromatic heterocycles. The first-order valence-electron chi connectivity index (χ1n) is 4.78. The van der Waals surface area contributed by atoms with E-state index >= 15 is 0 Å². The predicted molar refractivity (Wildman–Crippen MR) is 59.5 cm³/mol. The van der Waals surface area contributed by atoms with Crippen LogP contribution in [-0.2, 0) is 0 Å². The molecule has 0 aromatic carbocycles. The standard InChI is InChI=1S/C11H21P/c1-6-9-7-10(2,3)12-11(4,5)8-9/h6,12H,7-8H2,1-5H3. The Morgan fingerprint density at radius 3 is 1.83 bits per heavy atom. The monoisotopic (exact) mass is 184 g/mol. The zero-order chi connectivity index (χ0) is 9.41. The molecule has 12 heavy (non-hydrogen) atoms. The predicted octanol–water partition coefficient (Wildman–Crippen LogP) is 3.96. The Hall–Kier alpha value is 0.170. The maximum absolute atomic E-state index is 2.40. The van der Waals surface area contributed by atoms with Crippen LogP contribution >= 0.6 is 8.58 Å². The van der Waals surface area contributed by atoms with Gasteiger partial charge >= 0.3 is 0 Å². The molecule has 0 nitrogen and oxygen atoms in total. The number of hydrogen-bond acceptors (Lipinski definition) is 0. The molecule has 0 radical (unpaired) electrons. The maximum Gasteiger partial charge on any atom is -0.0136 e. The lowest BCUT2D eigenvalue weighted by molar-refractivity contribution is 0.563. The van der Waals surface area contributed by atoms with E-state index in [1.165, 1.54) is 12.8 Å². The van der Waals surface area contributed by atoms with Crippen LogP contribution in [0.1, 0.15) is 47.5 Å². The van der Waals surface area contributed by atoms with Gasteiger partial charge in [-0.1, -0.05) is 39.3 Å². The van der Waals surface area contributed by atoms with Crippen molar-refractivity contribution in [1.29, 1.82) is 0 Å². The van der Waals surface area contributed by atoms with E-state index in [9.17, 15) is 0 Å². The quantitative estimate of drug-likeness (QED) is 0.395. The zero-order valence-corrected chi connectivity index (χ0v) is 9.99. The molecular weight excluding hydrogens is 163 g/mol. The van der Waals surface area contributed by atoms with Crippen LogP contribution in [-0.4, -0.2) is 10.3 Å². The van der Waals surface area contributed by atoms with E-state index in [2.05, 4.69) is 40.7 Å². The summed E-state index contributed by atoms with van der Waals surface area (Å²) in [6.45, 7) is 11.8. The summed E-state index contributed by atoms with van der Waals surface area (Å²) in [6, 6.07) is 0. The van der Waals surface area contributed by atoms with Gasteiger partial charge in [-0.25, -0.2) is 0 Å². The van der Waals surface area contributed by atoms with Crippen molar-refractivity contribution in [1.82, 2.24) is 0 Å². The first kappa shape index (κ1) is 10.3. The molecule has 1 heteroatoms. The summed E-state index contributed by atoms with van der Waals surface area (Å²) in [6.07, 6.45) is 4.93. The van der Waals surface area contributed by atoms with Crippen LogP contribution in [0, 0.1) is 0 Å². The van der Waals surface area contributed by atoms with E-state index in [1.54, 1.807) is 5.57 Å². The molecule has 0 saturated carbocycles. The van der Waals surface area contributed by atoms with E-state index in [-0.39, 0.29) is 0 Å². The third-order valence-corrected chi connectivity index (χ3v) is 4.13. The average molecular weight is 184 g/mol. The van der Waals surface area contributed by atoms with Crippen molar-refractivity contribution >= 4 is 8.58 Å². The smallest absolute Gasteiger partial charge is 0.0136 e. The van der Waals surface area contributed by atoms with Crippen molar-refractivity contribution in [3.63, 3.8) is 0 Å². The Balaban J connectivity index is 2.80. The molecule has 1 aliphatic heterocycles. The molecular formula is C11H21P. The van der Waals surface area contributed by atoms with Crippen LogP contribution in [0.25, 0.3) is 0 Å². The fourth-order valence-electron chi connectivity index (χ4n) is 2.41. The Kier molecular flexibility index (Phi) is 2.69. The van der Waals surface area contributed by atoms with Crippen LogP contribution in [0.4, 0.5) is 0 Å². The van der Waals surface area contributed by atoms with Gasteiger partial charge in [-0.15, -0.1) is 8.58 Å². The van der Waals surface area contributed by atoms with Gasteiger partial charge in [-0.2, -0.15) is 0 Å². The molecule has 0 amide bonds. The molecule has 1 heterocycles. The van der Waals surface area contributed by atoms with E-state index < -0.39 is 0 Å². The Labute approximate surface area is 78.6 Å². The van der Waals surface area contributed by atoms with Gasteiger partial charge < -0.3 is 0 Å². The highest BCUT2D eigenvalue weighted by Gasteiger charge is 2.34. The molecule has 0 spiro atoms. The molecule has 0 aromatic rings. The summed E-state index contributed by atoms with van der Waals surface area (Å²) < 4.78 is 0. The molecule has 0 bridgehead atoms. The van der Waals surface area contributed by atoms with Gasteiger partial charge in [0.2, 0.25) is 0 Å². The van der Waals surface area contributed by atoms with Crippen molar-refractivity contribution in [2.75, 3.05) is 0 Å². The Bertz CT molecular complexity index is 181. The zero-order valence-electron chi connectivity index (χ0n) is 8.99. The van der Waals surface area contributed by atoms with Crippen LogP contribution < -0.4 is 0 Å². The Morgan fingerprint density at radius 2 is 1.50 bits per heavy atom. The van der Waals surface area contributed by atoms with E-state index in [4.69, 9.17) is 0 Å². The van der Waals surface area contributed by atoms with Crippen LogP contribution in [0.2, 0.25) is 0 Å². The summed E-state index contributed by atoms with van der Waals surface area (Å²) in [7, 11) is 1.10. The minimum Gasteiger partial charge on any atom is -0.110 e. The molecule has 0 N–H and O–H groups in total. The molecule has 0 aliphatic carbocycles. The first-order chi connectivity index (χ1) is 5.35. The molecule has 70 valence electrons. The fraction of sp³-hybridized carbons (Fsp3) is 0.818. The van der Waals surface area contributed by atoms with Gasteiger partial charge in [0.05, 0.1) is 0 Å². The molecule has 1 rings (SSSR count). The van der Waals surface area contributed by atoms with Crippen LogP contribution in [0.3, 0.4) is 0 Å². The van der Waals surface area contributed by atoms with Crippen molar-refractivity contribution in [3.8, 4) is 0 Å². The topological polar surface area (TPSA) is 0 Å². The van der Waals surface area contributed by atoms with Gasteiger partial charge in [0.1, 0.15) is 0 Å². The molecule has 0 unspecified atom stereocenters. The lowest BCUT2D eigenvalue weighted by Crippen LogP contribution is -2.30. The summed E-state index contributed by atoms with van der Waals surface area (Å²) in [5.41, 5.74) is 1.66. The SMILES string of the molecule is CC=C1CC(C)(C)PC(C)(C)C1. The normalized spacial score (nSPS) is 28.9. The summed E-state index contributed by atoms with van der Waals surface area (Å²) >= 11 is 0. The van der Waals surface area contributed by atoms with Crippen molar-refractivity contribution < 1.29 is 0 Å². The second-order valence-electron chi connectivity index (χ2n) is 5.19. The van der Waals surface area contributed by atoms with Gasteiger partial charge in [-0.05, 0) is 30.1 Å². The van der Waals surface area contributed by atoms with Gasteiger partial charge in [-0.3, -0.25) is 0 Å². The minimum absolute atomic E-state index is 0.545. The van der Waals surface area contributed by atoms with Gasteiger partial charge in [0, 0.05) is 0 Å². The van der Waals surface area contributed by atoms with Crippen molar-refractivity contribution in [3.05, 3.63) is 11.6 Å². The number of allylic oxidation sites excluding steroid dienone is 2. The second-order valence-corrected chi connectivity index (χ2v) is 8.15. The van der Waals surface area contributed by atoms with Crippen LogP contribution in [0.15, 0.2) is 11.6 Å². The Morgan fingerprint density at radius 1 is 1.08 bits per heavy atom. The van der Waals surface area contributed by atoms with E-state index in [1.807, 2.05) is 0 Å². The first-order valence-corrected chi connectivity index (χ1v) is 5.78. The molecule has 1 fully saturated rings. The summed E-state index contributed by atoms with van der Waals surface area (Å²) in [5, 5.41) is 1.09. The molecule has 0 atom stereocenters. The van der Waals surface area contributed by atoms with E-state index in [0.717, 1.165) is 8.58 Å². The van der Waals surface area contributed by atoms with Gasteiger partial charge in [0.25, 0.3) is 0 Å². The molecule has 1 saturated heterocycles. The average Bonchev–Trinajstić information content (AvgIpc) is 1.80. The fourth-order valence-corrected chi connectivity index (χ4v) is 4.87. The minimum atomic E-state index is 0.545. The highest BCUT2D eigenvalue weighted by atomic mass is 31.1. The van der Waals surface area contributed by atoms with E-state index in [0.29, 0.717) is 10.3 Å². The summed E-state index contributed by atoms with van der Waals surface area (Å²) in [4.78, 5) is 0. The highest BCUT2D eigenvalue weighted by Crippen LogP contribution is 2.53. The lowest BCUT2D eigenvalue weighted by Gasteiger charge is -2.42. The lowest BCUT2D eigenvalue weighted by atomic mass is 9.92. The number of rotatable bonds is 0. The number of hydrogen-bond donors (Lipinski definition) is 0. The third-order valence-electron chi connectivity index (χ3n) is 2.42. The largest absolute Gasteiger partial charge is 0.110 e. The van der Waals surface area contributed by atoms with Gasteiger partial charge in [0.15, 0.2) is 0 Å². The van der Waals surface area contributed by atoms with Crippen molar-refractivity contribution in [2.45, 2.75) is 57.8 Å². The molecule has 1 aliphatic rings. The van der Waals surface area contributed by atoms with Crippen molar-refractivity contribution in [2.24, 2.45) is 0 Å². The summed E-state index contributed by atoms with van der Waals surface area (Å²) in [5.74, 6) is 0. The van der Waals surface area contributed by atoms with Crippen LogP contribution in [0.5, 0.6) is 0 Å². The highest BCUT2D eigenvalue weighted by molar-refractivity contribution is 7.42.